The summed E-state index contributed by atoms with van der Waals surface area (Å²) in [5.41, 5.74) is 0. The number of nitrogens with zero attached hydrogens (tertiary/aromatic N) is 2. The van der Waals surface area contributed by atoms with E-state index < -0.39 is 0 Å². The van der Waals surface area contributed by atoms with Crippen molar-refractivity contribution in [3.8, 4) is 0 Å². The molecule has 5 heteroatoms. The van der Waals surface area contributed by atoms with Crippen LogP contribution in [0.1, 0.15) is 23.4 Å². The Morgan fingerprint density at radius 3 is 3.27 bits per heavy atom. The average Bonchev–Trinajstić information content (AvgIpc) is 2.70. The highest BCUT2D eigenvalue weighted by molar-refractivity contribution is 5.91. The van der Waals surface area contributed by atoms with Crippen LogP contribution in [0.2, 0.25) is 0 Å². The summed E-state index contributed by atoms with van der Waals surface area (Å²) in [7, 11) is 2.06. The second-order valence-electron chi connectivity index (χ2n) is 3.95. The molecule has 1 aliphatic rings. The fourth-order valence-corrected chi connectivity index (χ4v) is 1.87. The third kappa shape index (κ3) is 2.56. The number of carbonyl (C=O) groups is 1. The highest BCUT2D eigenvalue weighted by Crippen LogP contribution is 2.08. The van der Waals surface area contributed by atoms with Crippen molar-refractivity contribution in [2.75, 3.05) is 20.1 Å². The van der Waals surface area contributed by atoms with E-state index in [0.29, 0.717) is 0 Å². The van der Waals surface area contributed by atoms with E-state index in [0.717, 1.165) is 25.9 Å². The van der Waals surface area contributed by atoms with Crippen LogP contribution < -0.4 is 5.32 Å². The van der Waals surface area contributed by atoms with Gasteiger partial charge in [0.15, 0.2) is 0 Å². The summed E-state index contributed by atoms with van der Waals surface area (Å²) in [5.74, 6) is 0.107. The van der Waals surface area contributed by atoms with Gasteiger partial charge in [0.2, 0.25) is 5.76 Å². The molecule has 82 valence electrons. The lowest BCUT2D eigenvalue weighted by atomic mass is 10.1. The van der Waals surface area contributed by atoms with E-state index in [1.807, 2.05) is 0 Å². The van der Waals surface area contributed by atoms with Crippen LogP contribution in [0.3, 0.4) is 0 Å². The topological polar surface area (TPSA) is 58.4 Å². The second-order valence-corrected chi connectivity index (χ2v) is 3.95. The number of amides is 1. The third-order valence-corrected chi connectivity index (χ3v) is 2.62. The Labute approximate surface area is 88.4 Å². The lowest BCUT2D eigenvalue weighted by Gasteiger charge is -2.29. The fourth-order valence-electron chi connectivity index (χ4n) is 1.87. The molecular weight excluding hydrogens is 194 g/mol. The minimum absolute atomic E-state index is 0.173. The van der Waals surface area contributed by atoms with Crippen molar-refractivity contribution >= 4 is 5.91 Å². The van der Waals surface area contributed by atoms with Gasteiger partial charge in [0, 0.05) is 18.7 Å². The number of aromatic nitrogens is 1. The molecule has 2 heterocycles. The summed E-state index contributed by atoms with van der Waals surface area (Å²) in [4.78, 5) is 13.8. The van der Waals surface area contributed by atoms with E-state index in [4.69, 9.17) is 4.52 Å². The minimum Gasteiger partial charge on any atom is -0.351 e. The molecule has 1 N–H and O–H groups in total. The molecular formula is C10H15N3O2. The van der Waals surface area contributed by atoms with E-state index >= 15 is 0 Å². The Bertz CT molecular complexity index is 323. The molecule has 0 radical (unpaired) electrons. The van der Waals surface area contributed by atoms with Gasteiger partial charge in [-0.25, -0.2) is 0 Å². The Morgan fingerprint density at radius 2 is 2.60 bits per heavy atom. The van der Waals surface area contributed by atoms with E-state index in [9.17, 15) is 4.79 Å². The summed E-state index contributed by atoms with van der Waals surface area (Å²) in [6.07, 6.45) is 3.63. The quantitative estimate of drug-likeness (QED) is 0.770. The monoisotopic (exact) mass is 209 g/mol. The molecule has 0 unspecified atom stereocenters. The largest absolute Gasteiger partial charge is 0.351 e. The van der Waals surface area contributed by atoms with Gasteiger partial charge < -0.3 is 14.7 Å². The standard InChI is InChI=1S/C10H15N3O2/c1-13-6-2-3-8(7-13)12-10(14)9-4-5-11-15-9/h4-5,8H,2-3,6-7H2,1H3,(H,12,14)/t8-/m1/s1. The molecule has 0 saturated carbocycles. The normalized spacial score (nSPS) is 22.6. The maximum atomic E-state index is 11.6. The summed E-state index contributed by atoms with van der Waals surface area (Å²) in [6.45, 7) is 2.01. The number of likely N-dealkylation sites (tertiary alicyclic amines) is 1. The van der Waals surface area contributed by atoms with Gasteiger partial charge in [-0.3, -0.25) is 4.79 Å². The Hall–Kier alpha value is -1.36. The molecule has 0 aliphatic carbocycles. The Kier molecular flexibility index (Phi) is 3.01. The number of rotatable bonds is 2. The molecule has 0 bridgehead atoms. The van der Waals surface area contributed by atoms with Gasteiger partial charge in [0.1, 0.15) is 0 Å². The van der Waals surface area contributed by atoms with Crippen LogP contribution in [0.15, 0.2) is 16.8 Å². The third-order valence-electron chi connectivity index (χ3n) is 2.62. The van der Waals surface area contributed by atoms with E-state index in [2.05, 4.69) is 22.4 Å². The van der Waals surface area contributed by atoms with Gasteiger partial charge in [-0.1, -0.05) is 5.16 Å². The van der Waals surface area contributed by atoms with Crippen molar-refractivity contribution in [3.05, 3.63) is 18.0 Å². The van der Waals surface area contributed by atoms with Crippen LogP contribution in [-0.2, 0) is 0 Å². The number of piperidine rings is 1. The molecule has 1 aromatic rings. The Morgan fingerprint density at radius 1 is 1.73 bits per heavy atom. The van der Waals surface area contributed by atoms with Crippen molar-refractivity contribution < 1.29 is 9.32 Å². The van der Waals surface area contributed by atoms with E-state index in [-0.39, 0.29) is 17.7 Å². The molecule has 0 spiro atoms. The van der Waals surface area contributed by atoms with E-state index in [1.54, 1.807) is 6.07 Å². The molecule has 1 fully saturated rings. The summed E-state index contributed by atoms with van der Waals surface area (Å²) in [5, 5.41) is 6.44. The lowest BCUT2D eigenvalue weighted by molar-refractivity contribution is 0.0875. The molecule has 0 aromatic carbocycles. The zero-order valence-corrected chi connectivity index (χ0v) is 8.77. The van der Waals surface area contributed by atoms with Gasteiger partial charge in [0.05, 0.1) is 6.20 Å². The molecule has 2 rings (SSSR count). The molecule has 1 saturated heterocycles. The number of hydrogen-bond donors (Lipinski definition) is 1. The van der Waals surface area contributed by atoms with Crippen LogP contribution in [0.4, 0.5) is 0 Å². The van der Waals surface area contributed by atoms with E-state index in [1.165, 1.54) is 6.20 Å². The summed E-state index contributed by atoms with van der Waals surface area (Å²) < 4.78 is 4.79. The first kappa shape index (κ1) is 10.2. The average molecular weight is 209 g/mol. The van der Waals surface area contributed by atoms with Gasteiger partial charge in [-0.2, -0.15) is 0 Å². The van der Waals surface area contributed by atoms with Crippen LogP contribution in [-0.4, -0.2) is 42.1 Å². The molecule has 1 aromatic heterocycles. The Balaban J connectivity index is 1.89. The van der Waals surface area contributed by atoms with Crippen LogP contribution in [0.5, 0.6) is 0 Å². The maximum absolute atomic E-state index is 11.6. The highest BCUT2D eigenvalue weighted by Gasteiger charge is 2.20. The van der Waals surface area contributed by atoms with Crippen LogP contribution in [0, 0.1) is 0 Å². The van der Waals surface area contributed by atoms with Crippen molar-refractivity contribution in [2.45, 2.75) is 18.9 Å². The van der Waals surface area contributed by atoms with Crippen LogP contribution >= 0.6 is 0 Å². The number of hydrogen-bond acceptors (Lipinski definition) is 4. The minimum atomic E-state index is -0.173. The SMILES string of the molecule is CN1CCC[C@@H](NC(=O)c2ccno2)C1. The summed E-state index contributed by atoms with van der Waals surface area (Å²) >= 11 is 0. The maximum Gasteiger partial charge on any atom is 0.290 e. The van der Waals surface area contributed by atoms with Crippen molar-refractivity contribution in [1.82, 2.24) is 15.4 Å². The van der Waals surface area contributed by atoms with Crippen molar-refractivity contribution in [2.24, 2.45) is 0 Å². The summed E-state index contributed by atoms with van der Waals surface area (Å²) in [6, 6.07) is 1.79. The number of nitrogens with one attached hydrogen (secondary N) is 1. The first-order chi connectivity index (χ1) is 7.25. The van der Waals surface area contributed by atoms with Crippen molar-refractivity contribution in [3.63, 3.8) is 0 Å². The molecule has 15 heavy (non-hydrogen) atoms. The van der Waals surface area contributed by atoms with Gasteiger partial charge in [0.25, 0.3) is 5.91 Å². The fraction of sp³-hybridized carbons (Fsp3) is 0.600. The first-order valence-corrected chi connectivity index (χ1v) is 5.16. The number of likely N-dealkylation sites (N-methyl/N-ethyl adjacent to an activating group) is 1. The molecule has 1 aliphatic heterocycles. The second kappa shape index (κ2) is 4.44. The van der Waals surface area contributed by atoms with Gasteiger partial charge in [-0.15, -0.1) is 0 Å². The predicted molar refractivity (Wildman–Crippen MR) is 54.5 cm³/mol. The predicted octanol–water partition coefficient (Wildman–Crippen LogP) is 0.499. The smallest absolute Gasteiger partial charge is 0.290 e. The first-order valence-electron chi connectivity index (χ1n) is 5.16. The highest BCUT2D eigenvalue weighted by atomic mass is 16.5. The van der Waals surface area contributed by atoms with Crippen molar-refractivity contribution in [1.29, 1.82) is 0 Å². The zero-order valence-electron chi connectivity index (χ0n) is 8.77. The molecule has 1 amide bonds. The zero-order chi connectivity index (χ0) is 10.7. The number of carbonyl (C=O) groups excluding carboxylic acids is 1. The molecule has 5 nitrogen and oxygen atoms in total. The van der Waals surface area contributed by atoms with Gasteiger partial charge in [-0.05, 0) is 26.4 Å². The van der Waals surface area contributed by atoms with Crippen LogP contribution in [0.25, 0.3) is 0 Å². The molecule has 1 atom stereocenters. The van der Waals surface area contributed by atoms with Gasteiger partial charge >= 0.3 is 0 Å². The lowest BCUT2D eigenvalue weighted by Crippen LogP contribution is -2.46.